The second kappa shape index (κ2) is 5.99. The number of hydrogen-bond donors (Lipinski definition) is 1. The Morgan fingerprint density at radius 2 is 1.96 bits per heavy atom. The smallest absolute Gasteiger partial charge is 0.332 e. The first-order chi connectivity index (χ1) is 12.9. The topological polar surface area (TPSA) is 120 Å². The molecule has 0 aliphatic heterocycles. The lowest BCUT2D eigenvalue weighted by Gasteiger charge is -2.13. The zero-order valence-corrected chi connectivity index (χ0v) is 14.5. The van der Waals surface area contributed by atoms with E-state index < -0.39 is 23.3 Å². The number of fused-ring (bicyclic) bond motifs is 2. The third-order valence-electron chi connectivity index (χ3n) is 4.41. The standard InChI is InChI=1S/C18H14N4O5/c1-21-16-13(17(25)22(2)18(21)26)12(9-4-3-5-19-7-9)15-14(20-16)11(24)6-10(8-23)27-15/h3-7,23H,8H2,1-2H3. The van der Waals surface area contributed by atoms with Crippen LogP contribution in [0.2, 0.25) is 0 Å². The van der Waals surface area contributed by atoms with Gasteiger partial charge in [-0.2, -0.15) is 0 Å². The molecule has 136 valence electrons. The van der Waals surface area contributed by atoms with Crippen LogP contribution < -0.4 is 16.7 Å². The maximum Gasteiger partial charge on any atom is 0.332 e. The van der Waals surface area contributed by atoms with Crippen LogP contribution in [0.4, 0.5) is 0 Å². The highest BCUT2D eigenvalue weighted by atomic mass is 16.4. The number of nitrogens with zero attached hydrogens (tertiary/aromatic N) is 4. The molecule has 9 heteroatoms. The van der Waals surface area contributed by atoms with Gasteiger partial charge < -0.3 is 9.52 Å². The molecule has 0 aliphatic rings. The third kappa shape index (κ3) is 2.40. The van der Waals surface area contributed by atoms with Gasteiger partial charge in [-0.15, -0.1) is 0 Å². The maximum absolute atomic E-state index is 12.9. The van der Waals surface area contributed by atoms with E-state index in [1.165, 1.54) is 24.9 Å². The Bertz CT molecular complexity index is 1380. The van der Waals surface area contributed by atoms with Crippen LogP contribution >= 0.6 is 0 Å². The number of hydrogen-bond acceptors (Lipinski definition) is 7. The van der Waals surface area contributed by atoms with Gasteiger partial charge in [0.25, 0.3) is 5.56 Å². The van der Waals surface area contributed by atoms with Gasteiger partial charge in [0.05, 0.1) is 5.39 Å². The van der Waals surface area contributed by atoms with E-state index in [0.29, 0.717) is 11.1 Å². The molecular formula is C18H14N4O5. The Morgan fingerprint density at radius 1 is 1.19 bits per heavy atom. The minimum Gasteiger partial charge on any atom is -0.456 e. The molecule has 4 heterocycles. The number of aryl methyl sites for hydroxylation is 1. The third-order valence-corrected chi connectivity index (χ3v) is 4.41. The van der Waals surface area contributed by atoms with Gasteiger partial charge in [-0.05, 0) is 6.07 Å². The Morgan fingerprint density at radius 3 is 2.63 bits per heavy atom. The van der Waals surface area contributed by atoms with Crippen molar-refractivity contribution in [3.63, 3.8) is 0 Å². The lowest BCUT2D eigenvalue weighted by atomic mass is 10.0. The highest BCUT2D eigenvalue weighted by Gasteiger charge is 2.22. The van der Waals surface area contributed by atoms with Gasteiger partial charge in [-0.1, -0.05) is 6.07 Å². The van der Waals surface area contributed by atoms with Gasteiger partial charge in [0.2, 0.25) is 5.43 Å². The zero-order chi connectivity index (χ0) is 19.3. The summed E-state index contributed by atoms with van der Waals surface area (Å²) in [6.45, 7) is -0.485. The molecule has 0 atom stereocenters. The van der Waals surface area contributed by atoms with Crippen LogP contribution in [0.3, 0.4) is 0 Å². The summed E-state index contributed by atoms with van der Waals surface area (Å²) < 4.78 is 7.84. The quantitative estimate of drug-likeness (QED) is 0.506. The Labute approximate surface area is 150 Å². The van der Waals surface area contributed by atoms with Crippen molar-refractivity contribution in [3.05, 3.63) is 67.4 Å². The highest BCUT2D eigenvalue weighted by molar-refractivity contribution is 6.05. The molecule has 4 rings (SSSR count). The number of aliphatic hydroxyl groups excluding tert-OH is 1. The zero-order valence-electron chi connectivity index (χ0n) is 14.5. The molecule has 0 amide bonds. The average Bonchev–Trinajstić information content (AvgIpc) is 2.69. The molecule has 0 aliphatic carbocycles. The van der Waals surface area contributed by atoms with E-state index in [-0.39, 0.29) is 27.9 Å². The molecule has 27 heavy (non-hydrogen) atoms. The summed E-state index contributed by atoms with van der Waals surface area (Å²) >= 11 is 0. The summed E-state index contributed by atoms with van der Waals surface area (Å²) in [6, 6.07) is 4.51. The lowest BCUT2D eigenvalue weighted by molar-refractivity contribution is 0.249. The van der Waals surface area contributed by atoms with Gasteiger partial charge in [0.1, 0.15) is 12.4 Å². The minimum absolute atomic E-state index is 0.0400. The minimum atomic E-state index is -0.571. The predicted molar refractivity (Wildman–Crippen MR) is 97.4 cm³/mol. The first kappa shape index (κ1) is 16.9. The fraction of sp³-hybridized carbons (Fsp3) is 0.167. The number of rotatable bonds is 2. The van der Waals surface area contributed by atoms with Crippen molar-refractivity contribution < 1.29 is 9.52 Å². The van der Waals surface area contributed by atoms with Crippen LogP contribution in [0, 0.1) is 0 Å². The largest absolute Gasteiger partial charge is 0.456 e. The fourth-order valence-electron chi connectivity index (χ4n) is 3.08. The van der Waals surface area contributed by atoms with Crippen molar-refractivity contribution in [3.8, 4) is 11.1 Å². The van der Waals surface area contributed by atoms with Gasteiger partial charge in [-0.3, -0.25) is 23.7 Å². The number of pyridine rings is 2. The van der Waals surface area contributed by atoms with Gasteiger partial charge in [-0.25, -0.2) is 9.78 Å². The predicted octanol–water partition coefficient (Wildman–Crippen LogP) is 0.293. The second-order valence-corrected chi connectivity index (χ2v) is 6.05. The van der Waals surface area contributed by atoms with Crippen LogP contribution in [0.15, 0.2) is 49.4 Å². The molecule has 1 N–H and O–H groups in total. The van der Waals surface area contributed by atoms with Gasteiger partial charge >= 0.3 is 5.69 Å². The van der Waals surface area contributed by atoms with E-state index in [1.54, 1.807) is 18.3 Å². The number of aliphatic hydroxyl groups is 1. The van der Waals surface area contributed by atoms with Crippen molar-refractivity contribution in [2.45, 2.75) is 6.61 Å². The normalized spacial score (nSPS) is 11.4. The fourth-order valence-corrected chi connectivity index (χ4v) is 3.08. The summed E-state index contributed by atoms with van der Waals surface area (Å²) in [7, 11) is 2.83. The summed E-state index contributed by atoms with van der Waals surface area (Å²) in [6.07, 6.45) is 3.09. The Kier molecular flexibility index (Phi) is 3.74. The molecule has 0 saturated carbocycles. The van der Waals surface area contributed by atoms with Gasteiger partial charge in [0.15, 0.2) is 16.7 Å². The summed E-state index contributed by atoms with van der Waals surface area (Å²) in [5.41, 5.74) is -0.717. The number of aromatic nitrogens is 4. The van der Waals surface area contributed by atoms with Crippen molar-refractivity contribution in [2.24, 2.45) is 14.1 Å². The van der Waals surface area contributed by atoms with Crippen LogP contribution in [0.5, 0.6) is 0 Å². The van der Waals surface area contributed by atoms with E-state index in [9.17, 15) is 19.5 Å². The van der Waals surface area contributed by atoms with Crippen LogP contribution in [-0.2, 0) is 20.7 Å². The van der Waals surface area contributed by atoms with Crippen molar-refractivity contribution in [1.82, 2.24) is 19.1 Å². The molecule has 0 fully saturated rings. The monoisotopic (exact) mass is 366 g/mol. The van der Waals surface area contributed by atoms with Crippen molar-refractivity contribution >= 4 is 22.1 Å². The van der Waals surface area contributed by atoms with E-state index >= 15 is 0 Å². The molecule has 0 saturated heterocycles. The summed E-state index contributed by atoms with van der Waals surface area (Å²) in [5, 5.41) is 9.52. The SMILES string of the molecule is Cn1c(=O)c2c(-c3cccnc3)c3oc(CO)cc(=O)c3nc2n(C)c1=O. The van der Waals surface area contributed by atoms with E-state index in [0.717, 1.165) is 10.6 Å². The first-order valence-electron chi connectivity index (χ1n) is 8.01. The molecular weight excluding hydrogens is 352 g/mol. The van der Waals surface area contributed by atoms with Crippen LogP contribution in [-0.4, -0.2) is 24.2 Å². The van der Waals surface area contributed by atoms with E-state index in [1.807, 2.05) is 0 Å². The molecule has 9 nitrogen and oxygen atoms in total. The Hall–Kier alpha value is -3.59. The van der Waals surface area contributed by atoms with Crippen LogP contribution in [0.25, 0.3) is 33.3 Å². The second-order valence-electron chi connectivity index (χ2n) is 6.05. The molecule has 0 spiro atoms. The van der Waals surface area contributed by atoms with Gasteiger partial charge in [0, 0.05) is 43.7 Å². The first-order valence-corrected chi connectivity index (χ1v) is 8.01. The molecule has 4 aromatic heterocycles. The molecule has 4 aromatic rings. The lowest BCUT2D eigenvalue weighted by Crippen LogP contribution is -2.37. The molecule has 0 unspecified atom stereocenters. The van der Waals surface area contributed by atoms with E-state index in [4.69, 9.17) is 4.42 Å². The van der Waals surface area contributed by atoms with E-state index in [2.05, 4.69) is 9.97 Å². The molecule has 0 bridgehead atoms. The highest BCUT2D eigenvalue weighted by Crippen LogP contribution is 2.31. The molecule has 0 aromatic carbocycles. The Balaban J connectivity index is 2.41. The van der Waals surface area contributed by atoms with Crippen molar-refractivity contribution in [1.29, 1.82) is 0 Å². The maximum atomic E-state index is 12.9. The summed E-state index contributed by atoms with van der Waals surface area (Å²) in [5.74, 6) is 0.0421. The summed E-state index contributed by atoms with van der Waals surface area (Å²) in [4.78, 5) is 46.0. The molecule has 0 radical (unpaired) electrons. The van der Waals surface area contributed by atoms with Crippen molar-refractivity contribution in [2.75, 3.05) is 0 Å². The average molecular weight is 366 g/mol. The van der Waals surface area contributed by atoms with Crippen LogP contribution in [0.1, 0.15) is 5.76 Å².